The van der Waals surface area contributed by atoms with Crippen molar-refractivity contribution in [1.29, 1.82) is 0 Å². The van der Waals surface area contributed by atoms with Crippen LogP contribution in [0.4, 0.5) is 4.79 Å². The predicted octanol–water partition coefficient (Wildman–Crippen LogP) is 1.20. The Labute approximate surface area is 95.8 Å². The van der Waals surface area contributed by atoms with Crippen molar-refractivity contribution in [3.8, 4) is 0 Å². The van der Waals surface area contributed by atoms with Crippen LogP contribution in [0.1, 0.15) is 18.7 Å². The number of carbonyl (C=O) groups excluding carboxylic acids is 1. The van der Waals surface area contributed by atoms with Crippen LogP contribution in [0, 0.1) is 0 Å². The first kappa shape index (κ1) is 12.6. The molecule has 0 saturated carbocycles. The largest absolute Gasteiger partial charge is 0.468 e. The molecule has 1 unspecified atom stereocenters. The highest BCUT2D eigenvalue weighted by molar-refractivity contribution is 5.73. The van der Waals surface area contributed by atoms with Gasteiger partial charge in [0.05, 0.1) is 12.3 Å². The molecule has 0 bridgehead atoms. The van der Waals surface area contributed by atoms with Gasteiger partial charge in [0.2, 0.25) is 0 Å². The normalized spacial score (nSPS) is 12.5. The summed E-state index contributed by atoms with van der Waals surface area (Å²) in [5.74, 6) is 0.849. The van der Waals surface area contributed by atoms with E-state index in [9.17, 15) is 4.79 Å². The van der Waals surface area contributed by atoms with E-state index in [0.717, 1.165) is 5.76 Å². The van der Waals surface area contributed by atoms with Gasteiger partial charge in [-0.1, -0.05) is 0 Å². The zero-order chi connectivity index (χ0) is 12.0. The molecule has 1 atom stereocenters. The second kappa shape index (κ2) is 6.17. The fraction of sp³-hybridized carbons (Fsp3) is 0.545. The fourth-order valence-corrected chi connectivity index (χ4v) is 1.43. The maximum absolute atomic E-state index is 11.3. The van der Waals surface area contributed by atoms with E-state index in [0.29, 0.717) is 13.1 Å². The molecule has 0 aliphatic carbocycles. The number of nitrogens with zero attached hydrogens (tertiary/aromatic N) is 1. The predicted molar refractivity (Wildman–Crippen MR) is 62.2 cm³/mol. The number of furan rings is 1. The van der Waals surface area contributed by atoms with E-state index in [-0.39, 0.29) is 12.1 Å². The van der Waals surface area contributed by atoms with Crippen molar-refractivity contribution in [3.63, 3.8) is 0 Å². The zero-order valence-electron chi connectivity index (χ0n) is 9.99. The van der Waals surface area contributed by atoms with Gasteiger partial charge in [-0.2, -0.15) is 0 Å². The van der Waals surface area contributed by atoms with Crippen molar-refractivity contribution in [3.05, 3.63) is 24.2 Å². The summed E-state index contributed by atoms with van der Waals surface area (Å²) in [4.78, 5) is 13.3. The first-order valence-electron chi connectivity index (χ1n) is 5.36. The maximum atomic E-state index is 11.3. The van der Waals surface area contributed by atoms with Gasteiger partial charge >= 0.3 is 6.03 Å². The molecule has 0 saturated heterocycles. The van der Waals surface area contributed by atoms with Gasteiger partial charge in [-0.3, -0.25) is 4.90 Å². The van der Waals surface area contributed by atoms with Crippen LogP contribution < -0.4 is 10.6 Å². The van der Waals surface area contributed by atoms with E-state index in [1.54, 1.807) is 6.26 Å². The van der Waals surface area contributed by atoms with Crippen LogP contribution in [0.15, 0.2) is 22.8 Å². The molecule has 0 fully saturated rings. The van der Waals surface area contributed by atoms with Gasteiger partial charge in [-0.15, -0.1) is 0 Å². The Morgan fingerprint density at radius 1 is 1.50 bits per heavy atom. The molecule has 0 aliphatic rings. The summed E-state index contributed by atoms with van der Waals surface area (Å²) in [6, 6.07) is 3.65. The molecule has 16 heavy (non-hydrogen) atoms. The van der Waals surface area contributed by atoms with E-state index in [4.69, 9.17) is 4.42 Å². The van der Waals surface area contributed by atoms with E-state index < -0.39 is 0 Å². The second-order valence-electron chi connectivity index (χ2n) is 3.74. The number of urea groups is 1. The molecule has 90 valence electrons. The zero-order valence-corrected chi connectivity index (χ0v) is 9.99. The molecule has 5 heteroatoms. The number of rotatable bonds is 5. The highest BCUT2D eigenvalue weighted by Gasteiger charge is 2.17. The van der Waals surface area contributed by atoms with Gasteiger partial charge in [0, 0.05) is 13.1 Å². The SMILES string of the molecule is CCNC(=O)NCC(c1ccco1)N(C)C. The molecule has 0 radical (unpaired) electrons. The Kier molecular flexibility index (Phi) is 4.85. The van der Waals surface area contributed by atoms with Crippen LogP contribution in [0.5, 0.6) is 0 Å². The lowest BCUT2D eigenvalue weighted by atomic mass is 10.2. The topological polar surface area (TPSA) is 57.5 Å². The number of amides is 2. The smallest absolute Gasteiger partial charge is 0.314 e. The third-order valence-electron chi connectivity index (χ3n) is 2.29. The van der Waals surface area contributed by atoms with Crippen LogP contribution >= 0.6 is 0 Å². The lowest BCUT2D eigenvalue weighted by Crippen LogP contribution is -2.40. The van der Waals surface area contributed by atoms with E-state index in [1.807, 2.05) is 38.1 Å². The molecule has 5 nitrogen and oxygen atoms in total. The van der Waals surface area contributed by atoms with Crippen molar-refractivity contribution < 1.29 is 9.21 Å². The molecule has 1 heterocycles. The van der Waals surface area contributed by atoms with Crippen LogP contribution in [0.25, 0.3) is 0 Å². The minimum absolute atomic E-state index is 0.0533. The summed E-state index contributed by atoms with van der Waals surface area (Å²) in [5.41, 5.74) is 0. The Morgan fingerprint density at radius 3 is 2.75 bits per heavy atom. The molecule has 2 amide bonds. The Bertz CT molecular complexity index is 309. The average molecular weight is 225 g/mol. The summed E-state index contributed by atoms with van der Waals surface area (Å²) in [5, 5.41) is 5.49. The summed E-state index contributed by atoms with van der Waals surface area (Å²) >= 11 is 0. The minimum Gasteiger partial charge on any atom is -0.468 e. The molecule has 1 aromatic rings. The van der Waals surface area contributed by atoms with E-state index >= 15 is 0 Å². The number of hydrogen-bond donors (Lipinski definition) is 2. The maximum Gasteiger partial charge on any atom is 0.314 e. The van der Waals surface area contributed by atoms with Crippen molar-refractivity contribution in [1.82, 2.24) is 15.5 Å². The van der Waals surface area contributed by atoms with Gasteiger partial charge in [-0.05, 0) is 33.2 Å². The Balaban J connectivity index is 2.50. The third kappa shape index (κ3) is 3.58. The number of nitrogens with one attached hydrogen (secondary N) is 2. The van der Waals surface area contributed by atoms with Crippen LogP contribution in [-0.4, -0.2) is 38.1 Å². The Morgan fingerprint density at radius 2 is 2.25 bits per heavy atom. The van der Waals surface area contributed by atoms with Gasteiger partial charge in [0.15, 0.2) is 0 Å². The van der Waals surface area contributed by atoms with Gasteiger partial charge in [0.25, 0.3) is 0 Å². The summed E-state index contributed by atoms with van der Waals surface area (Å²) < 4.78 is 5.34. The monoisotopic (exact) mass is 225 g/mol. The molecule has 0 spiro atoms. The molecule has 0 aromatic carbocycles. The van der Waals surface area contributed by atoms with Crippen LogP contribution in [0.3, 0.4) is 0 Å². The second-order valence-corrected chi connectivity index (χ2v) is 3.74. The lowest BCUT2D eigenvalue weighted by molar-refractivity contribution is 0.225. The molecule has 0 aliphatic heterocycles. The van der Waals surface area contributed by atoms with Gasteiger partial charge in [-0.25, -0.2) is 4.79 Å². The third-order valence-corrected chi connectivity index (χ3v) is 2.29. The first-order chi connectivity index (χ1) is 7.65. The molecule has 2 N–H and O–H groups in total. The average Bonchev–Trinajstić information content (AvgIpc) is 2.71. The number of carbonyl (C=O) groups is 1. The highest BCUT2D eigenvalue weighted by atomic mass is 16.3. The highest BCUT2D eigenvalue weighted by Crippen LogP contribution is 2.17. The first-order valence-corrected chi connectivity index (χ1v) is 5.36. The quantitative estimate of drug-likeness (QED) is 0.791. The van der Waals surface area contributed by atoms with Gasteiger partial charge < -0.3 is 15.1 Å². The van der Waals surface area contributed by atoms with Crippen LogP contribution in [-0.2, 0) is 0 Å². The lowest BCUT2D eigenvalue weighted by Gasteiger charge is -2.22. The van der Waals surface area contributed by atoms with E-state index in [1.165, 1.54) is 0 Å². The molecular formula is C11H19N3O2. The van der Waals surface area contributed by atoms with Crippen molar-refractivity contribution in [2.45, 2.75) is 13.0 Å². The Hall–Kier alpha value is -1.49. The summed E-state index contributed by atoms with van der Waals surface area (Å²) in [7, 11) is 3.90. The van der Waals surface area contributed by atoms with Crippen molar-refractivity contribution in [2.75, 3.05) is 27.2 Å². The van der Waals surface area contributed by atoms with Gasteiger partial charge in [0.1, 0.15) is 5.76 Å². The number of likely N-dealkylation sites (N-methyl/N-ethyl adjacent to an activating group) is 1. The molecule has 1 aromatic heterocycles. The minimum atomic E-state index is -0.152. The number of hydrogen-bond acceptors (Lipinski definition) is 3. The van der Waals surface area contributed by atoms with E-state index in [2.05, 4.69) is 10.6 Å². The van der Waals surface area contributed by atoms with Crippen molar-refractivity contribution in [2.24, 2.45) is 0 Å². The summed E-state index contributed by atoms with van der Waals surface area (Å²) in [6.45, 7) is 3.03. The summed E-state index contributed by atoms with van der Waals surface area (Å²) in [6.07, 6.45) is 1.64. The van der Waals surface area contributed by atoms with Crippen molar-refractivity contribution >= 4 is 6.03 Å². The molecular weight excluding hydrogens is 206 g/mol. The standard InChI is InChI=1S/C11H19N3O2/c1-4-12-11(15)13-8-9(14(2)3)10-6-5-7-16-10/h5-7,9H,4,8H2,1-3H3,(H2,12,13,15). The van der Waals surface area contributed by atoms with Crippen LogP contribution in [0.2, 0.25) is 0 Å². The fourth-order valence-electron chi connectivity index (χ4n) is 1.43. The molecule has 1 rings (SSSR count).